The van der Waals surface area contributed by atoms with E-state index in [1.807, 2.05) is 115 Å². The number of likely N-dealkylation sites (tertiary alicyclic amines) is 2. The molecule has 10 nitrogen and oxygen atoms in total. The molecule has 14 rings (SSSR count). The first kappa shape index (κ1) is 69.2. The minimum absolute atomic E-state index is 0.538. The molecular weight excluding hydrogens is 1240 g/mol. The lowest BCUT2D eigenvalue weighted by atomic mass is 10.1. The maximum atomic E-state index is 6.25. The van der Waals surface area contributed by atoms with Crippen LogP contribution in [0.3, 0.4) is 0 Å². The van der Waals surface area contributed by atoms with Gasteiger partial charge in [0.05, 0.1) is 5.69 Å². The molecule has 2 aliphatic heterocycles. The Labute approximate surface area is 590 Å². The van der Waals surface area contributed by atoms with Crippen molar-refractivity contribution in [1.82, 2.24) is 19.4 Å². The van der Waals surface area contributed by atoms with Gasteiger partial charge in [0.25, 0.3) is 0 Å². The van der Waals surface area contributed by atoms with Crippen molar-refractivity contribution in [2.75, 3.05) is 52.5 Å². The van der Waals surface area contributed by atoms with Crippen molar-refractivity contribution in [3.8, 4) is 57.0 Å². The van der Waals surface area contributed by atoms with Crippen LogP contribution in [0, 0.1) is 13.8 Å². The van der Waals surface area contributed by atoms with Gasteiger partial charge in [0.1, 0.15) is 74.1 Å². The number of H-pyrrole nitrogens is 1. The monoisotopic (exact) mass is 1340 g/mol. The number of benzene rings is 10. The molecule has 0 atom stereocenters. The Morgan fingerprint density at radius 3 is 1.16 bits per heavy atom. The van der Waals surface area contributed by atoms with Crippen LogP contribution in [0.1, 0.15) is 95.9 Å². The number of halogens is 1. The van der Waals surface area contributed by atoms with Gasteiger partial charge in [-0.3, -0.25) is 9.80 Å². The number of ether oxygens (including phenoxy) is 6. The largest absolute Gasteiger partial charge is 0.492 e. The number of aryl methyl sites for hydroxylation is 2. The molecule has 0 saturated carbocycles. The summed E-state index contributed by atoms with van der Waals surface area (Å²) in [6.07, 6.45) is 10.8. The van der Waals surface area contributed by atoms with Gasteiger partial charge in [-0.05, 0) is 231 Å². The molecule has 10 aromatic carbocycles. The van der Waals surface area contributed by atoms with Gasteiger partial charge < -0.3 is 38.0 Å². The molecule has 0 spiro atoms. The number of aromatic amines is 1. The number of aromatic nitrogens is 2. The van der Waals surface area contributed by atoms with Crippen LogP contribution in [-0.4, -0.2) is 71.8 Å². The van der Waals surface area contributed by atoms with Crippen LogP contribution in [0.25, 0.3) is 44.3 Å². The van der Waals surface area contributed by atoms with Crippen molar-refractivity contribution >= 4 is 33.4 Å². The second-order valence-electron chi connectivity index (χ2n) is 25.8. The third kappa shape index (κ3) is 20.2. The van der Waals surface area contributed by atoms with E-state index in [-0.39, 0.29) is 0 Å². The van der Waals surface area contributed by atoms with Crippen LogP contribution in [0.4, 0.5) is 0 Å². The minimum Gasteiger partial charge on any atom is -0.492 e. The second-order valence-corrected chi connectivity index (χ2v) is 26.1. The average Bonchev–Trinajstić information content (AvgIpc) is 1.62. The van der Waals surface area contributed by atoms with Gasteiger partial charge in [-0.1, -0.05) is 171 Å². The van der Waals surface area contributed by atoms with Crippen LogP contribution in [0.5, 0.6) is 34.5 Å². The number of nitrogens with zero attached hydrogens (tertiary/aromatic N) is 3. The van der Waals surface area contributed by atoms with E-state index in [1.165, 1.54) is 116 Å². The zero-order chi connectivity index (χ0) is 67.6. The standard InChI is InChI=1S/C44H46N2O3.C29H25NO2.C15H22ClNO/c1-34-42-30-41(49-33-37-14-8-5-9-15-37)24-25-43(42)46(44(34)38-18-22-40(23-19-38)48-32-36-12-6-4-7-13-36)31-35-16-20-39(21-17-35)47-29-28-45-26-10-2-3-11-27-45;1-21-27-18-26(32-20-23-10-6-3-7-11-23)16-17-28(27)30-29(21)24-12-14-25(15-13-24)31-19-22-8-4-2-5-9-22;16-13-14-5-7-15(8-6-14)18-12-11-17-9-3-1-2-4-10-17/h4-9,12-25,30H,2-3,10-11,26-29,31-33H2,1H3;2-18,30H,19-20H2,1H3;5-8H,1-4,9-13H2. The highest BCUT2D eigenvalue weighted by molar-refractivity contribution is 6.17. The topological polar surface area (TPSA) is 82.6 Å². The Morgan fingerprint density at radius 1 is 0.343 bits per heavy atom. The van der Waals surface area contributed by atoms with Crippen LogP contribution >= 0.6 is 11.6 Å². The summed E-state index contributed by atoms with van der Waals surface area (Å²) < 4.78 is 38.7. The lowest BCUT2D eigenvalue weighted by molar-refractivity contribution is 0.214. The predicted octanol–water partition coefficient (Wildman–Crippen LogP) is 21.1. The molecule has 2 aliphatic rings. The molecule has 2 aromatic heterocycles. The van der Waals surface area contributed by atoms with Crippen molar-refractivity contribution in [2.45, 2.75) is 104 Å². The number of hydrogen-bond donors (Lipinski definition) is 1. The lowest BCUT2D eigenvalue weighted by Crippen LogP contribution is -2.29. The van der Waals surface area contributed by atoms with Crippen LogP contribution in [0.2, 0.25) is 0 Å². The number of nitrogens with one attached hydrogen (secondary N) is 1. The quantitative estimate of drug-likeness (QED) is 0.0567. The smallest absolute Gasteiger partial charge is 0.120 e. The van der Waals surface area contributed by atoms with Gasteiger partial charge in [-0.25, -0.2) is 0 Å². The summed E-state index contributed by atoms with van der Waals surface area (Å²) in [6.45, 7) is 15.7. The Hall–Kier alpha value is -9.71. The summed E-state index contributed by atoms with van der Waals surface area (Å²) in [7, 11) is 0. The summed E-state index contributed by atoms with van der Waals surface area (Å²) >= 11 is 5.75. The molecule has 508 valence electrons. The van der Waals surface area contributed by atoms with Crippen molar-refractivity contribution < 1.29 is 28.4 Å². The summed E-state index contributed by atoms with van der Waals surface area (Å²) in [5, 5.41) is 2.37. The first-order chi connectivity index (χ1) is 48.8. The lowest BCUT2D eigenvalue weighted by Gasteiger charge is -2.19. The van der Waals surface area contributed by atoms with E-state index in [1.54, 1.807) is 0 Å². The molecule has 4 heterocycles. The fourth-order valence-electron chi connectivity index (χ4n) is 13.1. The van der Waals surface area contributed by atoms with E-state index in [4.69, 9.17) is 40.0 Å². The maximum Gasteiger partial charge on any atom is 0.120 e. The van der Waals surface area contributed by atoms with E-state index >= 15 is 0 Å². The van der Waals surface area contributed by atoms with Crippen LogP contribution < -0.4 is 28.4 Å². The van der Waals surface area contributed by atoms with E-state index in [9.17, 15) is 0 Å². The van der Waals surface area contributed by atoms with Gasteiger partial charge in [0.2, 0.25) is 0 Å². The molecule has 2 fully saturated rings. The highest BCUT2D eigenvalue weighted by atomic mass is 35.5. The summed E-state index contributed by atoms with van der Waals surface area (Å²) in [6, 6.07) is 87.1. The number of alkyl halides is 1. The molecular formula is C88H93ClN4O6. The third-order valence-electron chi connectivity index (χ3n) is 18.7. The van der Waals surface area contributed by atoms with Crippen LogP contribution in [-0.2, 0) is 38.9 Å². The molecule has 99 heavy (non-hydrogen) atoms. The summed E-state index contributed by atoms with van der Waals surface area (Å²) in [4.78, 5) is 8.62. The Balaban J connectivity index is 0.000000158. The number of fused-ring (bicyclic) bond motifs is 2. The first-order valence-corrected chi connectivity index (χ1v) is 35.9. The maximum absolute atomic E-state index is 6.25. The summed E-state index contributed by atoms with van der Waals surface area (Å²) in [5.41, 5.74) is 16.3. The SMILES string of the molecule is Cc1c(-c2ccc(OCc3ccccc3)cc2)[nH]c2ccc(OCc3ccccc3)cc12.Cc1c(-c2ccc(OCc3ccccc3)cc2)n(Cc2ccc(OCCN3CCCCCC3)cc2)c2ccc(OCc3ccccc3)cc12.ClCc1ccc(OCCN2CCCCCC2)cc1. The Kier molecular flexibility index (Phi) is 25.3. The third-order valence-corrected chi connectivity index (χ3v) is 19.0. The predicted molar refractivity (Wildman–Crippen MR) is 406 cm³/mol. The van der Waals surface area contributed by atoms with Gasteiger partial charge in [-0.2, -0.15) is 0 Å². The van der Waals surface area contributed by atoms with Gasteiger partial charge >= 0.3 is 0 Å². The first-order valence-electron chi connectivity index (χ1n) is 35.4. The molecule has 12 aromatic rings. The zero-order valence-corrected chi connectivity index (χ0v) is 58.2. The molecule has 0 aliphatic carbocycles. The van der Waals surface area contributed by atoms with Gasteiger partial charge in [-0.15, -0.1) is 11.6 Å². The van der Waals surface area contributed by atoms with Crippen molar-refractivity contribution in [2.24, 2.45) is 0 Å². The fourth-order valence-corrected chi connectivity index (χ4v) is 13.2. The summed E-state index contributed by atoms with van der Waals surface area (Å²) in [5.74, 6) is 5.90. The molecule has 2 saturated heterocycles. The molecule has 0 radical (unpaired) electrons. The normalized spacial score (nSPS) is 13.4. The van der Waals surface area contributed by atoms with Gasteiger partial charge in [0.15, 0.2) is 0 Å². The fraction of sp³-hybridized carbons (Fsp3) is 0.273. The molecule has 1 N–H and O–H groups in total. The van der Waals surface area contributed by atoms with E-state index in [0.717, 1.165) is 117 Å². The molecule has 0 bridgehead atoms. The Bertz CT molecular complexity index is 4340. The number of rotatable bonds is 25. The molecule has 0 amide bonds. The highest BCUT2D eigenvalue weighted by Crippen LogP contribution is 2.38. The zero-order valence-electron chi connectivity index (χ0n) is 57.5. The number of hydrogen-bond acceptors (Lipinski definition) is 8. The van der Waals surface area contributed by atoms with E-state index in [0.29, 0.717) is 32.3 Å². The van der Waals surface area contributed by atoms with Crippen molar-refractivity contribution in [3.05, 3.63) is 299 Å². The van der Waals surface area contributed by atoms with Crippen molar-refractivity contribution in [3.63, 3.8) is 0 Å². The Morgan fingerprint density at radius 2 is 0.717 bits per heavy atom. The molecule has 0 unspecified atom stereocenters. The second kappa shape index (κ2) is 36.2. The van der Waals surface area contributed by atoms with Gasteiger partial charge in [0, 0.05) is 53.0 Å². The van der Waals surface area contributed by atoms with E-state index < -0.39 is 0 Å². The van der Waals surface area contributed by atoms with Crippen LogP contribution in [0.15, 0.2) is 255 Å². The van der Waals surface area contributed by atoms with Crippen molar-refractivity contribution in [1.29, 1.82) is 0 Å². The average molecular weight is 1340 g/mol. The minimum atomic E-state index is 0.538. The highest BCUT2D eigenvalue weighted by Gasteiger charge is 2.19. The molecule has 11 heteroatoms. The van der Waals surface area contributed by atoms with E-state index in [2.05, 4.69) is 173 Å².